The molecule has 2 rings (SSSR count). The first-order valence-electron chi connectivity index (χ1n) is 5.87. The molecule has 2 bridgehead atoms. The predicted molar refractivity (Wildman–Crippen MR) is 57.6 cm³/mol. The van der Waals surface area contributed by atoms with E-state index in [1.54, 1.807) is 0 Å². The van der Waals surface area contributed by atoms with Gasteiger partial charge in [-0.05, 0) is 31.6 Å². The van der Waals surface area contributed by atoms with Crippen LogP contribution in [0.25, 0.3) is 0 Å². The maximum atomic E-state index is 10.1. The van der Waals surface area contributed by atoms with Crippen LogP contribution in [0.1, 0.15) is 46.0 Å². The van der Waals surface area contributed by atoms with Gasteiger partial charge >= 0.3 is 0 Å². The molecule has 0 aromatic rings. The molecule has 1 fully saturated rings. The average Bonchev–Trinajstić information content (AvgIpc) is 2.76. The molecule has 1 saturated heterocycles. The molecule has 3 atom stereocenters. The Bertz CT molecular complexity index is 236. The minimum Gasteiger partial charge on any atom is -0.374 e. The van der Waals surface area contributed by atoms with Gasteiger partial charge in [0, 0.05) is 11.7 Å². The zero-order valence-electron chi connectivity index (χ0n) is 9.24. The van der Waals surface area contributed by atoms with Gasteiger partial charge < -0.3 is 10.0 Å². The van der Waals surface area contributed by atoms with E-state index >= 15 is 0 Å². The monoisotopic (exact) mass is 195 g/mol. The third kappa shape index (κ3) is 1.68. The molecule has 14 heavy (non-hydrogen) atoms. The molecule has 2 aliphatic rings. The molecular weight excluding hydrogens is 174 g/mol. The highest BCUT2D eigenvalue weighted by atomic mass is 16.3. The molecule has 2 heteroatoms. The molecule has 2 aliphatic heterocycles. The minimum absolute atomic E-state index is 0.230. The number of allylic oxidation sites excluding steroid dienone is 1. The van der Waals surface area contributed by atoms with Gasteiger partial charge in [-0.25, -0.2) is 0 Å². The molecule has 0 saturated carbocycles. The summed E-state index contributed by atoms with van der Waals surface area (Å²) in [6, 6.07) is 0.615. The van der Waals surface area contributed by atoms with Gasteiger partial charge in [0.15, 0.2) is 0 Å². The predicted octanol–water partition coefficient (Wildman–Crippen LogP) is 2.49. The lowest BCUT2D eigenvalue weighted by molar-refractivity contribution is 0.00403. The summed E-state index contributed by atoms with van der Waals surface area (Å²) in [5.74, 6) is 0.630. The van der Waals surface area contributed by atoms with Gasteiger partial charge in [-0.1, -0.05) is 26.3 Å². The number of aliphatic hydroxyl groups excluding tert-OH is 1. The summed E-state index contributed by atoms with van der Waals surface area (Å²) in [4.78, 5) is 2.26. The highest BCUT2D eigenvalue weighted by Gasteiger charge is 2.36. The summed E-state index contributed by atoms with van der Waals surface area (Å²) in [6.45, 7) is 4.41. The van der Waals surface area contributed by atoms with Gasteiger partial charge in [0.2, 0.25) is 0 Å². The zero-order valence-corrected chi connectivity index (χ0v) is 9.24. The number of nitrogens with zero attached hydrogens (tertiary/aromatic N) is 1. The van der Waals surface area contributed by atoms with Crippen LogP contribution in [0.15, 0.2) is 11.8 Å². The molecule has 0 aromatic heterocycles. The number of fused-ring (bicyclic) bond motifs is 2. The average molecular weight is 195 g/mol. The van der Waals surface area contributed by atoms with Crippen molar-refractivity contribution < 1.29 is 5.11 Å². The standard InChI is InChI=1S/C12H21NO/c1-3-9(2)8-12(14)13-10-4-5-11(13)7-6-10/h4,9,11-12,14H,3,5-8H2,1-2H3. The Morgan fingerprint density at radius 1 is 1.64 bits per heavy atom. The van der Waals surface area contributed by atoms with E-state index < -0.39 is 0 Å². The van der Waals surface area contributed by atoms with Gasteiger partial charge in [-0.3, -0.25) is 0 Å². The second-order valence-electron chi connectivity index (χ2n) is 4.76. The minimum atomic E-state index is -0.230. The molecule has 2 heterocycles. The van der Waals surface area contributed by atoms with Crippen LogP contribution >= 0.6 is 0 Å². The maximum absolute atomic E-state index is 10.1. The Kier molecular flexibility index (Phi) is 2.82. The van der Waals surface area contributed by atoms with Crippen LogP contribution in [0.3, 0.4) is 0 Å². The molecule has 2 nitrogen and oxygen atoms in total. The van der Waals surface area contributed by atoms with E-state index in [1.807, 2.05) is 0 Å². The lowest BCUT2D eigenvalue weighted by Crippen LogP contribution is -2.36. The first-order valence-corrected chi connectivity index (χ1v) is 5.87. The van der Waals surface area contributed by atoms with Crippen LogP contribution in [0.2, 0.25) is 0 Å². The van der Waals surface area contributed by atoms with Gasteiger partial charge in [-0.2, -0.15) is 0 Å². The smallest absolute Gasteiger partial charge is 0.127 e. The van der Waals surface area contributed by atoms with Crippen LogP contribution in [0.5, 0.6) is 0 Å². The Morgan fingerprint density at radius 3 is 2.86 bits per heavy atom. The lowest BCUT2D eigenvalue weighted by atomic mass is 10.0. The fraction of sp³-hybridized carbons (Fsp3) is 0.833. The van der Waals surface area contributed by atoms with E-state index in [4.69, 9.17) is 0 Å². The van der Waals surface area contributed by atoms with Crippen molar-refractivity contribution in [2.45, 2.75) is 58.2 Å². The van der Waals surface area contributed by atoms with Crippen LogP contribution in [0.4, 0.5) is 0 Å². The summed E-state index contributed by atoms with van der Waals surface area (Å²) >= 11 is 0. The normalized spacial score (nSPS) is 29.2. The first-order chi connectivity index (χ1) is 6.72. The summed E-state index contributed by atoms with van der Waals surface area (Å²) < 4.78 is 0. The van der Waals surface area contributed by atoms with E-state index in [0.717, 1.165) is 19.3 Å². The fourth-order valence-electron chi connectivity index (χ4n) is 2.60. The van der Waals surface area contributed by atoms with Gasteiger partial charge in [0.05, 0.1) is 0 Å². The summed E-state index contributed by atoms with van der Waals surface area (Å²) in [5, 5.41) is 10.1. The third-order valence-corrected chi connectivity index (χ3v) is 3.72. The quantitative estimate of drug-likeness (QED) is 0.745. The summed E-state index contributed by atoms with van der Waals surface area (Å²) in [6.07, 6.45) is 7.75. The molecule has 80 valence electrons. The molecule has 0 radical (unpaired) electrons. The van der Waals surface area contributed by atoms with E-state index in [0.29, 0.717) is 12.0 Å². The van der Waals surface area contributed by atoms with Crippen molar-refractivity contribution in [2.75, 3.05) is 0 Å². The van der Waals surface area contributed by atoms with E-state index in [9.17, 15) is 5.11 Å². The lowest BCUT2D eigenvalue weighted by Gasteiger charge is -2.29. The Morgan fingerprint density at radius 2 is 2.43 bits per heavy atom. The molecule has 0 amide bonds. The second kappa shape index (κ2) is 3.93. The van der Waals surface area contributed by atoms with Crippen LogP contribution in [0, 0.1) is 5.92 Å². The van der Waals surface area contributed by atoms with E-state index in [-0.39, 0.29) is 6.23 Å². The molecule has 0 aliphatic carbocycles. The second-order valence-corrected chi connectivity index (χ2v) is 4.76. The Hall–Kier alpha value is -0.500. The van der Waals surface area contributed by atoms with Crippen molar-refractivity contribution in [1.29, 1.82) is 0 Å². The molecule has 1 N–H and O–H groups in total. The number of hydrogen-bond donors (Lipinski definition) is 1. The number of aliphatic hydroxyl groups is 1. The van der Waals surface area contributed by atoms with Crippen molar-refractivity contribution in [1.82, 2.24) is 4.90 Å². The van der Waals surface area contributed by atoms with Crippen molar-refractivity contribution in [3.63, 3.8) is 0 Å². The zero-order chi connectivity index (χ0) is 10.1. The maximum Gasteiger partial charge on any atom is 0.127 e. The molecular formula is C12H21NO. The van der Waals surface area contributed by atoms with Crippen molar-refractivity contribution in [2.24, 2.45) is 5.92 Å². The Balaban J connectivity index is 1.93. The molecule has 0 aromatic carbocycles. The van der Waals surface area contributed by atoms with Crippen molar-refractivity contribution >= 4 is 0 Å². The third-order valence-electron chi connectivity index (χ3n) is 3.72. The topological polar surface area (TPSA) is 23.5 Å². The van der Waals surface area contributed by atoms with E-state index in [1.165, 1.54) is 18.5 Å². The number of hydrogen-bond acceptors (Lipinski definition) is 2. The summed E-state index contributed by atoms with van der Waals surface area (Å²) in [5.41, 5.74) is 1.39. The number of rotatable bonds is 4. The molecule has 3 unspecified atom stereocenters. The van der Waals surface area contributed by atoms with Crippen LogP contribution in [-0.4, -0.2) is 22.3 Å². The van der Waals surface area contributed by atoms with E-state index in [2.05, 4.69) is 24.8 Å². The highest BCUT2D eigenvalue weighted by molar-refractivity contribution is 5.17. The molecule has 0 spiro atoms. The van der Waals surface area contributed by atoms with Crippen molar-refractivity contribution in [3.05, 3.63) is 11.8 Å². The Labute approximate surface area is 86.6 Å². The largest absolute Gasteiger partial charge is 0.374 e. The van der Waals surface area contributed by atoms with Crippen LogP contribution < -0.4 is 0 Å². The first kappa shape index (κ1) is 10.0. The van der Waals surface area contributed by atoms with Gasteiger partial charge in [0.1, 0.15) is 6.23 Å². The van der Waals surface area contributed by atoms with Crippen molar-refractivity contribution in [3.8, 4) is 0 Å². The van der Waals surface area contributed by atoms with Gasteiger partial charge in [-0.15, -0.1) is 0 Å². The fourth-order valence-corrected chi connectivity index (χ4v) is 2.60. The summed E-state index contributed by atoms with van der Waals surface area (Å²) in [7, 11) is 0. The van der Waals surface area contributed by atoms with Crippen LogP contribution in [-0.2, 0) is 0 Å². The van der Waals surface area contributed by atoms with Gasteiger partial charge in [0.25, 0.3) is 0 Å². The highest BCUT2D eigenvalue weighted by Crippen LogP contribution is 2.38. The SMILES string of the molecule is CCC(C)CC(O)N1C2=CCC1CC2.